The first-order valence-corrected chi connectivity index (χ1v) is 5.31. The zero-order valence-electron chi connectivity index (χ0n) is 7.77. The van der Waals surface area contributed by atoms with Crippen LogP contribution in [0.4, 0.5) is 0 Å². The first-order valence-electron chi connectivity index (χ1n) is 4.40. The molecule has 0 saturated carbocycles. The van der Waals surface area contributed by atoms with Crippen LogP contribution in [0.3, 0.4) is 0 Å². The molecule has 0 aromatic rings. The fraction of sp³-hybridized carbons (Fsp3) is 1.00. The van der Waals surface area contributed by atoms with Crippen molar-refractivity contribution in [2.75, 3.05) is 13.2 Å². The summed E-state index contributed by atoms with van der Waals surface area (Å²) in [7, 11) is 0. The Morgan fingerprint density at radius 1 is 1.27 bits per heavy atom. The topological polar surface area (TPSA) is 9.23 Å². The van der Waals surface area contributed by atoms with E-state index in [1.165, 1.54) is 0 Å². The van der Waals surface area contributed by atoms with Gasteiger partial charge in [-0.3, -0.25) is 0 Å². The SMILES string of the molecule is CCCOCCC(C)C(C)Br. The smallest absolute Gasteiger partial charge is 0.0468 e. The fourth-order valence-corrected chi connectivity index (χ4v) is 1.01. The predicted octanol–water partition coefficient (Wildman–Crippen LogP) is 3.22. The number of rotatable bonds is 6. The van der Waals surface area contributed by atoms with Crippen molar-refractivity contribution in [3.05, 3.63) is 0 Å². The van der Waals surface area contributed by atoms with Gasteiger partial charge in [0.25, 0.3) is 0 Å². The molecule has 1 nitrogen and oxygen atoms in total. The average Bonchev–Trinajstić information content (AvgIpc) is 1.97. The summed E-state index contributed by atoms with van der Waals surface area (Å²) in [6.45, 7) is 8.38. The van der Waals surface area contributed by atoms with Gasteiger partial charge in [-0.15, -0.1) is 0 Å². The van der Waals surface area contributed by atoms with Crippen LogP contribution in [-0.4, -0.2) is 18.0 Å². The highest BCUT2D eigenvalue weighted by Gasteiger charge is 2.07. The summed E-state index contributed by atoms with van der Waals surface area (Å²) in [5.74, 6) is 0.715. The van der Waals surface area contributed by atoms with Gasteiger partial charge in [-0.25, -0.2) is 0 Å². The summed E-state index contributed by atoms with van der Waals surface area (Å²) in [6, 6.07) is 0. The molecular formula is C9H19BrO. The lowest BCUT2D eigenvalue weighted by Crippen LogP contribution is -2.10. The molecule has 0 spiro atoms. The Morgan fingerprint density at radius 2 is 1.91 bits per heavy atom. The zero-order valence-corrected chi connectivity index (χ0v) is 9.36. The molecule has 0 amide bonds. The number of ether oxygens (including phenoxy) is 1. The van der Waals surface area contributed by atoms with E-state index >= 15 is 0 Å². The van der Waals surface area contributed by atoms with Gasteiger partial charge in [0.15, 0.2) is 0 Å². The largest absolute Gasteiger partial charge is 0.381 e. The van der Waals surface area contributed by atoms with Crippen LogP contribution in [-0.2, 0) is 4.74 Å². The van der Waals surface area contributed by atoms with E-state index in [1.807, 2.05) is 0 Å². The second-order valence-electron chi connectivity index (χ2n) is 3.06. The summed E-state index contributed by atoms with van der Waals surface area (Å²) in [6.07, 6.45) is 2.28. The summed E-state index contributed by atoms with van der Waals surface area (Å²) in [4.78, 5) is 0.604. The van der Waals surface area contributed by atoms with E-state index in [2.05, 4.69) is 36.7 Å². The Bertz CT molecular complexity index is 83.6. The van der Waals surface area contributed by atoms with Crippen molar-refractivity contribution < 1.29 is 4.74 Å². The van der Waals surface area contributed by atoms with Gasteiger partial charge in [0.05, 0.1) is 0 Å². The molecule has 2 heteroatoms. The minimum absolute atomic E-state index is 0.604. The molecule has 68 valence electrons. The van der Waals surface area contributed by atoms with Gasteiger partial charge in [-0.05, 0) is 18.8 Å². The molecule has 0 aliphatic carbocycles. The molecule has 2 atom stereocenters. The Labute approximate surface area is 78.6 Å². The maximum Gasteiger partial charge on any atom is 0.0468 e. The fourth-order valence-electron chi connectivity index (χ4n) is 0.745. The number of halogens is 1. The standard InChI is InChI=1S/C9H19BrO/c1-4-6-11-7-5-8(2)9(3)10/h8-9H,4-7H2,1-3H3. The first kappa shape index (κ1) is 11.4. The van der Waals surface area contributed by atoms with E-state index in [0.29, 0.717) is 10.7 Å². The van der Waals surface area contributed by atoms with E-state index < -0.39 is 0 Å². The van der Waals surface area contributed by atoms with E-state index in [1.54, 1.807) is 0 Å². The van der Waals surface area contributed by atoms with Crippen LogP contribution in [0.2, 0.25) is 0 Å². The monoisotopic (exact) mass is 222 g/mol. The van der Waals surface area contributed by atoms with Crippen molar-refractivity contribution >= 4 is 15.9 Å². The third-order valence-electron chi connectivity index (χ3n) is 1.85. The van der Waals surface area contributed by atoms with Crippen LogP contribution < -0.4 is 0 Å². The van der Waals surface area contributed by atoms with Crippen LogP contribution in [0.5, 0.6) is 0 Å². The molecule has 2 unspecified atom stereocenters. The van der Waals surface area contributed by atoms with E-state index in [9.17, 15) is 0 Å². The van der Waals surface area contributed by atoms with E-state index in [4.69, 9.17) is 4.74 Å². The van der Waals surface area contributed by atoms with Gasteiger partial charge in [-0.1, -0.05) is 36.7 Å². The third-order valence-corrected chi connectivity index (χ3v) is 2.75. The second-order valence-corrected chi connectivity index (χ2v) is 4.50. The summed E-state index contributed by atoms with van der Waals surface area (Å²) < 4.78 is 5.38. The highest BCUT2D eigenvalue weighted by atomic mass is 79.9. The highest BCUT2D eigenvalue weighted by molar-refractivity contribution is 9.09. The van der Waals surface area contributed by atoms with Gasteiger partial charge >= 0.3 is 0 Å². The maximum absolute atomic E-state index is 5.38. The molecule has 0 heterocycles. The van der Waals surface area contributed by atoms with Gasteiger partial charge < -0.3 is 4.74 Å². The minimum Gasteiger partial charge on any atom is -0.381 e. The Hall–Kier alpha value is 0.440. The normalized spacial score (nSPS) is 16.4. The molecule has 0 aliphatic heterocycles. The first-order chi connectivity index (χ1) is 5.18. The van der Waals surface area contributed by atoms with Crippen molar-refractivity contribution in [1.82, 2.24) is 0 Å². The number of hydrogen-bond acceptors (Lipinski definition) is 1. The molecule has 0 aromatic heterocycles. The second kappa shape index (κ2) is 7.11. The molecule has 0 fully saturated rings. The van der Waals surface area contributed by atoms with E-state index in [-0.39, 0.29) is 0 Å². The molecule has 0 radical (unpaired) electrons. The molecular weight excluding hydrogens is 204 g/mol. The van der Waals surface area contributed by atoms with Gasteiger partial charge in [0.1, 0.15) is 0 Å². The van der Waals surface area contributed by atoms with E-state index in [0.717, 1.165) is 26.1 Å². The van der Waals surface area contributed by atoms with Crippen molar-refractivity contribution in [3.8, 4) is 0 Å². The van der Waals surface area contributed by atoms with Gasteiger partial charge in [0.2, 0.25) is 0 Å². The van der Waals surface area contributed by atoms with Crippen molar-refractivity contribution in [2.45, 2.75) is 38.4 Å². The molecule has 0 rings (SSSR count). The molecule has 0 N–H and O–H groups in total. The van der Waals surface area contributed by atoms with Gasteiger partial charge in [-0.2, -0.15) is 0 Å². The van der Waals surface area contributed by atoms with Gasteiger partial charge in [0, 0.05) is 18.0 Å². The van der Waals surface area contributed by atoms with Crippen LogP contribution in [0.25, 0.3) is 0 Å². The number of hydrogen-bond donors (Lipinski definition) is 0. The average molecular weight is 223 g/mol. The molecule has 0 aromatic carbocycles. The molecule has 11 heavy (non-hydrogen) atoms. The summed E-state index contributed by atoms with van der Waals surface area (Å²) in [5.41, 5.74) is 0. The Morgan fingerprint density at radius 3 is 2.36 bits per heavy atom. The quantitative estimate of drug-likeness (QED) is 0.496. The third kappa shape index (κ3) is 6.82. The highest BCUT2D eigenvalue weighted by Crippen LogP contribution is 2.14. The van der Waals surface area contributed by atoms with Crippen LogP contribution in [0, 0.1) is 5.92 Å². The lowest BCUT2D eigenvalue weighted by atomic mass is 10.1. The minimum atomic E-state index is 0.604. The lowest BCUT2D eigenvalue weighted by Gasteiger charge is -2.13. The summed E-state index contributed by atoms with van der Waals surface area (Å²) in [5, 5.41) is 0. The van der Waals surface area contributed by atoms with Crippen LogP contribution >= 0.6 is 15.9 Å². The molecule has 0 bridgehead atoms. The van der Waals surface area contributed by atoms with Crippen molar-refractivity contribution in [2.24, 2.45) is 5.92 Å². The van der Waals surface area contributed by atoms with Crippen LogP contribution in [0.1, 0.15) is 33.6 Å². The summed E-state index contributed by atoms with van der Waals surface area (Å²) >= 11 is 3.55. The number of alkyl halides is 1. The van der Waals surface area contributed by atoms with Crippen molar-refractivity contribution in [1.29, 1.82) is 0 Å². The molecule has 0 saturated heterocycles. The Balaban J connectivity index is 3.10. The van der Waals surface area contributed by atoms with Crippen molar-refractivity contribution in [3.63, 3.8) is 0 Å². The Kier molecular flexibility index (Phi) is 7.39. The predicted molar refractivity (Wildman–Crippen MR) is 53.3 cm³/mol. The zero-order chi connectivity index (χ0) is 8.69. The van der Waals surface area contributed by atoms with Crippen LogP contribution in [0.15, 0.2) is 0 Å². The maximum atomic E-state index is 5.38. The lowest BCUT2D eigenvalue weighted by molar-refractivity contribution is 0.122. The molecule has 0 aliphatic rings.